The van der Waals surface area contributed by atoms with Gasteiger partial charge < -0.3 is 18.4 Å². The molecule has 254 valence electrons. The first kappa shape index (κ1) is 29.2. The van der Waals surface area contributed by atoms with Gasteiger partial charge in [0.15, 0.2) is 5.58 Å². The number of aromatic nitrogens is 3. The van der Waals surface area contributed by atoms with Crippen molar-refractivity contribution < 1.29 is 4.42 Å². The predicted octanol–water partition coefficient (Wildman–Crippen LogP) is 11.1. The van der Waals surface area contributed by atoms with E-state index in [9.17, 15) is 0 Å². The highest BCUT2D eigenvalue weighted by atomic mass is 16.3. The van der Waals surface area contributed by atoms with Gasteiger partial charge in [-0.2, -0.15) is 0 Å². The van der Waals surface area contributed by atoms with Crippen molar-refractivity contribution in [3.63, 3.8) is 0 Å². The van der Waals surface area contributed by atoms with Gasteiger partial charge in [-0.15, -0.1) is 0 Å². The Labute approximate surface area is 316 Å². The van der Waals surface area contributed by atoms with E-state index in [-0.39, 0.29) is 6.85 Å². The van der Waals surface area contributed by atoms with Crippen LogP contribution in [-0.4, -0.2) is 20.9 Å². The molecule has 13 rings (SSSR count). The van der Waals surface area contributed by atoms with Gasteiger partial charge in [0.25, 0.3) is 0 Å². The third-order valence-corrected chi connectivity index (χ3v) is 11.9. The summed E-state index contributed by atoms with van der Waals surface area (Å²) in [5.41, 5.74) is 17.0. The Morgan fingerprint density at radius 3 is 1.96 bits per heavy atom. The van der Waals surface area contributed by atoms with E-state index < -0.39 is 0 Å². The molecular formula is C49H29BN4O. The normalized spacial score (nSPS) is 12.7. The van der Waals surface area contributed by atoms with Gasteiger partial charge in [0.2, 0.25) is 5.89 Å². The van der Waals surface area contributed by atoms with Crippen molar-refractivity contribution >= 4 is 89.5 Å². The molecule has 6 heteroatoms. The molecule has 0 radical (unpaired) electrons. The number of hydrogen-bond acceptors (Lipinski definition) is 3. The molecule has 0 atom stereocenters. The van der Waals surface area contributed by atoms with E-state index in [2.05, 4.69) is 172 Å². The van der Waals surface area contributed by atoms with Crippen molar-refractivity contribution in [1.82, 2.24) is 14.0 Å². The average Bonchev–Trinajstić information content (AvgIpc) is 3.93. The molecule has 11 aromatic rings. The van der Waals surface area contributed by atoms with Crippen molar-refractivity contribution in [2.24, 2.45) is 0 Å². The first-order chi connectivity index (χ1) is 27.3. The fourth-order valence-electron chi connectivity index (χ4n) is 9.73. The summed E-state index contributed by atoms with van der Waals surface area (Å²) in [6.07, 6.45) is 0. The molecule has 55 heavy (non-hydrogen) atoms. The predicted molar refractivity (Wildman–Crippen MR) is 227 cm³/mol. The minimum atomic E-state index is -0.0983. The highest BCUT2D eigenvalue weighted by molar-refractivity contribution is 6.90. The molecule has 5 heterocycles. The molecule has 2 aliphatic heterocycles. The van der Waals surface area contributed by atoms with E-state index >= 15 is 0 Å². The molecule has 0 spiro atoms. The largest absolute Gasteiger partial charge is 0.436 e. The Morgan fingerprint density at radius 2 is 1.20 bits per heavy atom. The van der Waals surface area contributed by atoms with Gasteiger partial charge >= 0.3 is 6.85 Å². The second kappa shape index (κ2) is 10.6. The van der Waals surface area contributed by atoms with Crippen LogP contribution < -0.4 is 15.8 Å². The van der Waals surface area contributed by atoms with Crippen molar-refractivity contribution in [3.8, 4) is 28.3 Å². The number of para-hydroxylation sites is 5. The van der Waals surface area contributed by atoms with Gasteiger partial charge in [-0.05, 0) is 77.2 Å². The standard InChI is InChI=1S/C49H29BN4O/c1-4-15-30(16-5-1)49-51-39-28-38-42(29-44(39)55-49)53-40-25-12-11-22-36(40)45-43(52(31-17-6-2-7-18-31)32-19-8-3-9-20-32)27-37-35-24-14-23-34-33-21-10-13-26-41(33)54(47(34)35)50(38)46(37)48(45)53/h1-29H. The molecule has 0 N–H and O–H groups in total. The van der Waals surface area contributed by atoms with E-state index in [0.29, 0.717) is 5.89 Å². The third kappa shape index (κ3) is 3.80. The van der Waals surface area contributed by atoms with Gasteiger partial charge in [0, 0.05) is 66.8 Å². The lowest BCUT2D eigenvalue weighted by molar-refractivity contribution is 0.619. The van der Waals surface area contributed by atoms with E-state index in [1.54, 1.807) is 0 Å². The number of anilines is 3. The lowest BCUT2D eigenvalue weighted by Crippen LogP contribution is -2.55. The van der Waals surface area contributed by atoms with E-state index in [1.165, 1.54) is 60.1 Å². The summed E-state index contributed by atoms with van der Waals surface area (Å²) in [7, 11) is 0. The quantitative estimate of drug-likeness (QED) is 0.172. The molecular weight excluding hydrogens is 671 g/mol. The molecule has 0 saturated heterocycles. The first-order valence-corrected chi connectivity index (χ1v) is 18.8. The molecule has 0 unspecified atom stereocenters. The maximum atomic E-state index is 6.61. The summed E-state index contributed by atoms with van der Waals surface area (Å²) in [5, 5.41) is 4.97. The zero-order valence-corrected chi connectivity index (χ0v) is 29.5. The summed E-state index contributed by atoms with van der Waals surface area (Å²) < 4.78 is 11.7. The molecule has 0 saturated carbocycles. The second-order valence-electron chi connectivity index (χ2n) is 14.7. The summed E-state index contributed by atoms with van der Waals surface area (Å²) in [5.74, 6) is 0.630. The van der Waals surface area contributed by atoms with Crippen LogP contribution in [0.3, 0.4) is 0 Å². The van der Waals surface area contributed by atoms with Crippen molar-refractivity contribution in [1.29, 1.82) is 0 Å². The van der Waals surface area contributed by atoms with Gasteiger partial charge in [-0.1, -0.05) is 109 Å². The molecule has 0 amide bonds. The summed E-state index contributed by atoms with van der Waals surface area (Å²) in [6, 6.07) is 63.4. The number of fused-ring (bicyclic) bond motifs is 12. The number of hydrogen-bond donors (Lipinski definition) is 0. The SMILES string of the molecule is c1ccc(-c2nc3cc4c(cc3o2)-n2c3ccccc3c3c(N(c5ccccc5)c5ccccc5)cc5c(c32)B4n2c3ccccc3c3cccc-5c32)cc1. The van der Waals surface area contributed by atoms with Crippen LogP contribution in [0.1, 0.15) is 0 Å². The summed E-state index contributed by atoms with van der Waals surface area (Å²) >= 11 is 0. The molecule has 0 bridgehead atoms. The third-order valence-electron chi connectivity index (χ3n) is 11.9. The lowest BCUT2D eigenvalue weighted by Gasteiger charge is -2.35. The van der Waals surface area contributed by atoms with Crippen molar-refractivity contribution in [2.45, 2.75) is 0 Å². The molecule has 5 nitrogen and oxygen atoms in total. The monoisotopic (exact) mass is 700 g/mol. The Kier molecular flexibility index (Phi) is 5.65. The Morgan fingerprint density at radius 1 is 0.545 bits per heavy atom. The maximum Gasteiger partial charge on any atom is 0.333 e. The van der Waals surface area contributed by atoms with Crippen LogP contribution in [0.5, 0.6) is 0 Å². The van der Waals surface area contributed by atoms with Gasteiger partial charge in [0.05, 0.1) is 16.7 Å². The number of nitrogens with zero attached hydrogens (tertiary/aromatic N) is 4. The van der Waals surface area contributed by atoms with Gasteiger partial charge in [-0.3, -0.25) is 0 Å². The van der Waals surface area contributed by atoms with E-state index in [0.717, 1.165) is 44.9 Å². The van der Waals surface area contributed by atoms with Crippen LogP contribution in [0, 0.1) is 0 Å². The smallest absolute Gasteiger partial charge is 0.333 e. The highest BCUT2D eigenvalue weighted by Gasteiger charge is 2.43. The first-order valence-electron chi connectivity index (χ1n) is 18.8. The number of benzene rings is 8. The van der Waals surface area contributed by atoms with Crippen LogP contribution in [0.2, 0.25) is 0 Å². The minimum absolute atomic E-state index is 0.0983. The lowest BCUT2D eigenvalue weighted by atomic mass is 9.45. The fourth-order valence-corrected chi connectivity index (χ4v) is 9.73. The summed E-state index contributed by atoms with van der Waals surface area (Å²) in [4.78, 5) is 7.55. The van der Waals surface area contributed by atoms with Crippen molar-refractivity contribution in [2.75, 3.05) is 4.90 Å². The van der Waals surface area contributed by atoms with Gasteiger partial charge in [0.1, 0.15) is 5.52 Å². The zero-order valence-electron chi connectivity index (χ0n) is 29.5. The van der Waals surface area contributed by atoms with E-state index in [1.807, 2.05) is 18.2 Å². The maximum absolute atomic E-state index is 6.61. The average molecular weight is 701 g/mol. The molecule has 8 aromatic carbocycles. The van der Waals surface area contributed by atoms with Crippen LogP contribution in [0.25, 0.3) is 83.0 Å². The molecule has 0 aliphatic carbocycles. The Hall–Kier alpha value is -7.31. The fraction of sp³-hybridized carbons (Fsp3) is 0. The molecule has 0 fully saturated rings. The number of rotatable bonds is 4. The zero-order chi connectivity index (χ0) is 35.8. The Balaban J connectivity index is 1.25. The highest BCUT2D eigenvalue weighted by Crippen LogP contribution is 2.49. The number of oxazole rings is 1. The topological polar surface area (TPSA) is 39.1 Å². The Bertz CT molecular complexity index is 3340. The van der Waals surface area contributed by atoms with Crippen LogP contribution >= 0.6 is 0 Å². The van der Waals surface area contributed by atoms with Crippen molar-refractivity contribution in [3.05, 3.63) is 176 Å². The molecule has 2 aliphatic rings. The van der Waals surface area contributed by atoms with E-state index in [4.69, 9.17) is 9.40 Å². The van der Waals surface area contributed by atoms with Gasteiger partial charge in [-0.25, -0.2) is 4.98 Å². The van der Waals surface area contributed by atoms with Crippen LogP contribution in [0.4, 0.5) is 17.1 Å². The van der Waals surface area contributed by atoms with Crippen LogP contribution in [0.15, 0.2) is 180 Å². The second-order valence-corrected chi connectivity index (χ2v) is 14.7. The summed E-state index contributed by atoms with van der Waals surface area (Å²) in [6.45, 7) is -0.0983. The molecule has 3 aromatic heterocycles. The van der Waals surface area contributed by atoms with Crippen LogP contribution in [-0.2, 0) is 0 Å². The minimum Gasteiger partial charge on any atom is -0.436 e.